The maximum atomic E-state index is 13.1. The number of benzene rings is 3. The van der Waals surface area contributed by atoms with Crippen molar-refractivity contribution in [3.8, 4) is 17.6 Å². The third-order valence-electron chi connectivity index (χ3n) is 5.29. The Balaban J connectivity index is 1.54. The molecule has 3 aromatic rings. The van der Waals surface area contributed by atoms with Gasteiger partial charge in [0.1, 0.15) is 18.1 Å². The Morgan fingerprint density at radius 3 is 2.60 bits per heavy atom. The van der Waals surface area contributed by atoms with Gasteiger partial charge in [0.2, 0.25) is 0 Å². The number of nitrogens with zero attached hydrogens (tertiary/aromatic N) is 2. The summed E-state index contributed by atoms with van der Waals surface area (Å²) in [6, 6.07) is 17.3. The minimum Gasteiger partial charge on any atom is -0.493 e. The second-order valence-electron chi connectivity index (χ2n) is 7.60. The third kappa shape index (κ3) is 5.26. The van der Waals surface area contributed by atoms with E-state index in [-0.39, 0.29) is 29.6 Å². The zero-order chi connectivity index (χ0) is 24.9. The van der Waals surface area contributed by atoms with Gasteiger partial charge in [0.15, 0.2) is 11.5 Å². The average molecular weight is 492 g/mol. The molecule has 3 amide bonds. The highest BCUT2D eigenvalue weighted by molar-refractivity contribution is 6.32. The van der Waals surface area contributed by atoms with Gasteiger partial charge in [-0.15, -0.1) is 0 Å². The van der Waals surface area contributed by atoms with Crippen molar-refractivity contribution in [3.63, 3.8) is 0 Å². The van der Waals surface area contributed by atoms with E-state index in [1.165, 1.54) is 37.5 Å². The van der Waals surface area contributed by atoms with E-state index in [2.05, 4.69) is 11.4 Å². The lowest BCUT2D eigenvalue weighted by atomic mass is 10.1. The highest BCUT2D eigenvalue weighted by Gasteiger charge is 2.33. The number of amides is 3. The van der Waals surface area contributed by atoms with E-state index in [1.54, 1.807) is 36.4 Å². The quantitative estimate of drug-likeness (QED) is 0.369. The van der Waals surface area contributed by atoms with Crippen LogP contribution in [-0.2, 0) is 17.9 Å². The van der Waals surface area contributed by atoms with Gasteiger partial charge in [-0.05, 0) is 47.5 Å². The average Bonchev–Trinajstić information content (AvgIpc) is 3.11. The summed E-state index contributed by atoms with van der Waals surface area (Å²) in [5.74, 6) is -0.329. The summed E-state index contributed by atoms with van der Waals surface area (Å²) in [5.41, 5.74) is 2.36. The SMILES string of the molecule is COc1cc(/C=C2/NC(=O)N(Cc3ccc(F)cc3)C2=O)cc(Cl)c1OCc1ccccc1C#N. The van der Waals surface area contributed by atoms with Crippen LogP contribution in [0.15, 0.2) is 66.4 Å². The van der Waals surface area contributed by atoms with Crippen molar-refractivity contribution in [2.45, 2.75) is 13.2 Å². The van der Waals surface area contributed by atoms with Crippen LogP contribution in [-0.4, -0.2) is 23.9 Å². The predicted octanol–water partition coefficient (Wildman–Crippen LogP) is 5.03. The van der Waals surface area contributed by atoms with Gasteiger partial charge in [0, 0.05) is 5.56 Å². The summed E-state index contributed by atoms with van der Waals surface area (Å²) in [6.45, 7) is 0.108. The highest BCUT2D eigenvalue weighted by Crippen LogP contribution is 2.38. The Bertz CT molecular complexity index is 1370. The number of hydrogen-bond donors (Lipinski definition) is 1. The molecule has 0 radical (unpaired) electrons. The minimum absolute atomic E-state index is 0.00329. The number of urea groups is 1. The first-order valence-electron chi connectivity index (χ1n) is 10.5. The normalized spacial score (nSPS) is 14.1. The fourth-order valence-corrected chi connectivity index (χ4v) is 3.80. The number of hydrogen-bond acceptors (Lipinski definition) is 5. The number of ether oxygens (including phenoxy) is 2. The Morgan fingerprint density at radius 2 is 1.89 bits per heavy atom. The van der Waals surface area contributed by atoms with E-state index in [0.29, 0.717) is 28.0 Å². The molecule has 0 aromatic heterocycles. The molecule has 1 saturated heterocycles. The molecule has 3 aromatic carbocycles. The van der Waals surface area contributed by atoms with Gasteiger partial charge < -0.3 is 14.8 Å². The standard InChI is InChI=1S/C26H19ClFN3O4/c1-34-23-12-17(10-21(27)24(23)35-15-19-5-3-2-4-18(19)13-29)11-22-25(32)31(26(33)30-22)14-16-6-8-20(28)9-7-16/h2-12H,14-15H2,1H3,(H,30,33)/b22-11+. The van der Waals surface area contributed by atoms with Crippen molar-refractivity contribution in [2.75, 3.05) is 7.11 Å². The van der Waals surface area contributed by atoms with E-state index in [9.17, 15) is 19.2 Å². The first-order chi connectivity index (χ1) is 16.9. The van der Waals surface area contributed by atoms with Crippen LogP contribution in [0.25, 0.3) is 6.08 Å². The smallest absolute Gasteiger partial charge is 0.329 e. The fraction of sp³-hybridized carbons (Fsp3) is 0.115. The number of nitrogens with one attached hydrogen (secondary N) is 1. The zero-order valence-corrected chi connectivity index (χ0v) is 19.3. The molecule has 176 valence electrons. The lowest BCUT2D eigenvalue weighted by molar-refractivity contribution is -0.123. The Labute approximate surface area is 205 Å². The van der Waals surface area contributed by atoms with Gasteiger partial charge in [0.05, 0.1) is 30.3 Å². The molecule has 0 atom stereocenters. The molecule has 0 saturated carbocycles. The van der Waals surface area contributed by atoms with Crippen LogP contribution >= 0.6 is 11.6 Å². The molecule has 0 aliphatic carbocycles. The molecule has 7 nitrogen and oxygen atoms in total. The molecule has 35 heavy (non-hydrogen) atoms. The first kappa shape index (κ1) is 23.8. The molecule has 1 aliphatic rings. The molecular formula is C26H19ClFN3O4. The van der Waals surface area contributed by atoms with Gasteiger partial charge in [-0.25, -0.2) is 9.18 Å². The molecule has 0 bridgehead atoms. The molecule has 4 rings (SSSR count). The summed E-state index contributed by atoms with van der Waals surface area (Å²) in [4.78, 5) is 26.2. The van der Waals surface area contributed by atoms with Crippen LogP contribution in [0.3, 0.4) is 0 Å². The van der Waals surface area contributed by atoms with Crippen LogP contribution in [0, 0.1) is 17.1 Å². The second-order valence-corrected chi connectivity index (χ2v) is 8.00. The summed E-state index contributed by atoms with van der Waals surface area (Å²) >= 11 is 6.44. The number of imide groups is 1. The van der Waals surface area contributed by atoms with Crippen LogP contribution in [0.2, 0.25) is 5.02 Å². The maximum absolute atomic E-state index is 13.1. The summed E-state index contributed by atoms with van der Waals surface area (Å²) in [6.07, 6.45) is 1.48. The van der Waals surface area contributed by atoms with Gasteiger partial charge >= 0.3 is 6.03 Å². The minimum atomic E-state index is -0.584. The van der Waals surface area contributed by atoms with Crippen molar-refractivity contribution in [3.05, 3.63) is 99.5 Å². The van der Waals surface area contributed by atoms with Crippen LogP contribution in [0.5, 0.6) is 11.5 Å². The van der Waals surface area contributed by atoms with Crippen LogP contribution in [0.1, 0.15) is 22.3 Å². The molecule has 1 fully saturated rings. The van der Waals surface area contributed by atoms with E-state index in [0.717, 1.165) is 4.90 Å². The van der Waals surface area contributed by atoms with E-state index in [4.69, 9.17) is 21.1 Å². The largest absolute Gasteiger partial charge is 0.493 e. The number of carbonyl (C=O) groups excluding carboxylic acids is 2. The van der Waals surface area contributed by atoms with Crippen molar-refractivity contribution in [1.29, 1.82) is 5.26 Å². The summed E-state index contributed by atoms with van der Waals surface area (Å²) in [7, 11) is 1.45. The monoisotopic (exact) mass is 491 g/mol. The molecule has 1 aliphatic heterocycles. The Morgan fingerprint density at radius 1 is 1.14 bits per heavy atom. The van der Waals surface area contributed by atoms with E-state index in [1.807, 2.05) is 0 Å². The summed E-state index contributed by atoms with van der Waals surface area (Å²) in [5, 5.41) is 12.0. The number of methoxy groups -OCH3 is 1. The third-order valence-corrected chi connectivity index (χ3v) is 5.57. The van der Waals surface area contributed by atoms with Crippen molar-refractivity contribution in [2.24, 2.45) is 0 Å². The lowest BCUT2D eigenvalue weighted by Crippen LogP contribution is -2.30. The molecule has 1 N–H and O–H groups in total. The van der Waals surface area contributed by atoms with Crippen LogP contribution < -0.4 is 14.8 Å². The molecule has 0 unspecified atom stereocenters. The van der Waals surface area contributed by atoms with Crippen molar-refractivity contribution >= 4 is 29.6 Å². The van der Waals surface area contributed by atoms with E-state index >= 15 is 0 Å². The summed E-state index contributed by atoms with van der Waals surface area (Å²) < 4.78 is 24.4. The lowest BCUT2D eigenvalue weighted by Gasteiger charge is -2.14. The number of nitriles is 1. The molecular weight excluding hydrogens is 473 g/mol. The van der Waals surface area contributed by atoms with Gasteiger partial charge in [-0.1, -0.05) is 41.9 Å². The molecule has 9 heteroatoms. The Hall–Kier alpha value is -4.35. The topological polar surface area (TPSA) is 91.7 Å². The van der Waals surface area contributed by atoms with E-state index < -0.39 is 17.8 Å². The number of halogens is 2. The first-order valence-corrected chi connectivity index (χ1v) is 10.8. The molecule has 1 heterocycles. The van der Waals surface area contributed by atoms with Crippen molar-refractivity contribution in [1.82, 2.24) is 10.2 Å². The van der Waals surface area contributed by atoms with Crippen molar-refractivity contribution < 1.29 is 23.5 Å². The maximum Gasteiger partial charge on any atom is 0.329 e. The predicted molar refractivity (Wildman–Crippen MR) is 127 cm³/mol. The number of rotatable bonds is 7. The fourth-order valence-electron chi connectivity index (χ4n) is 3.52. The Kier molecular flexibility index (Phi) is 6.99. The zero-order valence-electron chi connectivity index (χ0n) is 18.5. The van der Waals surface area contributed by atoms with Gasteiger partial charge in [0.25, 0.3) is 5.91 Å². The van der Waals surface area contributed by atoms with Gasteiger partial charge in [-0.3, -0.25) is 9.69 Å². The van der Waals surface area contributed by atoms with Gasteiger partial charge in [-0.2, -0.15) is 5.26 Å². The number of carbonyl (C=O) groups is 2. The highest BCUT2D eigenvalue weighted by atomic mass is 35.5. The van der Waals surface area contributed by atoms with Crippen LogP contribution in [0.4, 0.5) is 9.18 Å². The second kappa shape index (κ2) is 10.3. The molecule has 0 spiro atoms.